The lowest BCUT2D eigenvalue weighted by Gasteiger charge is -2.15. The number of nitrogens with one attached hydrogen (secondary N) is 5. The summed E-state index contributed by atoms with van der Waals surface area (Å²) in [6, 6.07) is 17.4. The van der Waals surface area contributed by atoms with Gasteiger partial charge < -0.3 is 30.4 Å². The Morgan fingerprint density at radius 1 is 0.919 bits per heavy atom. The Balaban J connectivity index is 1.30. The molecular formula is C25H28N6O6. The number of carbonyl (C=O) groups excluding carboxylic acids is 4. The summed E-state index contributed by atoms with van der Waals surface area (Å²) in [5.74, 6) is -1.34. The summed E-state index contributed by atoms with van der Waals surface area (Å²) in [5, 5.41) is 12.6. The molecule has 5 N–H and O–H groups in total. The minimum absolute atomic E-state index is 0.129. The van der Waals surface area contributed by atoms with E-state index in [1.165, 1.54) is 0 Å². The number of hydrogen-bond acceptors (Lipinski definition) is 7. The largest absolute Gasteiger partial charge is 0.445 e. The van der Waals surface area contributed by atoms with Crippen molar-refractivity contribution < 1.29 is 28.3 Å². The van der Waals surface area contributed by atoms with Gasteiger partial charge in [0.1, 0.15) is 6.61 Å². The van der Waals surface area contributed by atoms with Crippen LogP contribution in [0.25, 0.3) is 0 Å². The van der Waals surface area contributed by atoms with Crippen molar-refractivity contribution in [2.24, 2.45) is 0 Å². The maximum Gasteiger partial charge on any atom is 0.407 e. The molecule has 0 spiro atoms. The third-order valence-electron chi connectivity index (χ3n) is 4.84. The summed E-state index contributed by atoms with van der Waals surface area (Å²) in [6.07, 6.45) is 0.523. The zero-order valence-electron chi connectivity index (χ0n) is 20.2. The van der Waals surface area contributed by atoms with Gasteiger partial charge in [-0.2, -0.15) is 0 Å². The van der Waals surface area contributed by atoms with Crippen LogP contribution in [-0.2, 0) is 22.7 Å². The molecule has 1 atom stereocenters. The van der Waals surface area contributed by atoms with Crippen LogP contribution in [0.2, 0.25) is 0 Å². The number of anilines is 1. The monoisotopic (exact) mass is 508 g/mol. The van der Waals surface area contributed by atoms with Crippen LogP contribution in [0.1, 0.15) is 28.6 Å². The second kappa shape index (κ2) is 13.9. The number of alkyl carbamates (subject to hydrolysis) is 1. The van der Waals surface area contributed by atoms with Gasteiger partial charge in [0.15, 0.2) is 0 Å². The Bertz CT molecular complexity index is 1180. The lowest BCUT2D eigenvalue weighted by Crippen LogP contribution is -2.44. The second-order valence-corrected chi connectivity index (χ2v) is 7.92. The van der Waals surface area contributed by atoms with Crippen molar-refractivity contribution in [2.45, 2.75) is 26.1 Å². The SMILES string of the molecule is C[C@@H](CNC(=O)CNC(=O)c1cnc(NC(=O)NCc2ccccc2)o1)NC(=O)OCc1ccccc1. The fourth-order valence-electron chi connectivity index (χ4n) is 2.95. The summed E-state index contributed by atoms with van der Waals surface area (Å²) in [6.45, 7) is 1.93. The Hall–Kier alpha value is -4.87. The van der Waals surface area contributed by atoms with Gasteiger partial charge in [0.25, 0.3) is 5.91 Å². The number of amides is 5. The molecular weight excluding hydrogens is 480 g/mol. The molecule has 2 aromatic carbocycles. The molecule has 37 heavy (non-hydrogen) atoms. The lowest BCUT2D eigenvalue weighted by molar-refractivity contribution is -0.120. The Labute approximate surface area is 213 Å². The third-order valence-corrected chi connectivity index (χ3v) is 4.84. The molecule has 12 nitrogen and oxygen atoms in total. The van der Waals surface area contributed by atoms with Gasteiger partial charge in [0.2, 0.25) is 11.7 Å². The highest BCUT2D eigenvalue weighted by atomic mass is 16.5. The number of benzene rings is 2. The van der Waals surface area contributed by atoms with Gasteiger partial charge in [-0.05, 0) is 18.1 Å². The van der Waals surface area contributed by atoms with E-state index < -0.39 is 30.0 Å². The van der Waals surface area contributed by atoms with Crippen molar-refractivity contribution in [3.8, 4) is 0 Å². The number of ether oxygens (including phenoxy) is 1. The van der Waals surface area contributed by atoms with Gasteiger partial charge >= 0.3 is 18.1 Å². The van der Waals surface area contributed by atoms with Crippen LogP contribution < -0.4 is 26.6 Å². The second-order valence-electron chi connectivity index (χ2n) is 7.92. The number of carbonyl (C=O) groups is 4. The van der Waals surface area contributed by atoms with Crippen LogP contribution in [-0.4, -0.2) is 48.1 Å². The number of hydrogen-bond donors (Lipinski definition) is 5. The molecule has 0 saturated carbocycles. The highest BCUT2D eigenvalue weighted by Crippen LogP contribution is 2.08. The first kappa shape index (κ1) is 26.7. The van der Waals surface area contributed by atoms with Crippen molar-refractivity contribution in [3.05, 3.63) is 83.7 Å². The van der Waals surface area contributed by atoms with Crippen molar-refractivity contribution >= 4 is 30.0 Å². The summed E-state index contributed by atoms with van der Waals surface area (Å²) >= 11 is 0. The van der Waals surface area contributed by atoms with Gasteiger partial charge in [0.05, 0.1) is 12.7 Å². The standard InChI is InChI=1S/C25H28N6O6/c1-17(30-25(35)36-16-19-10-6-3-7-11-19)12-26-21(32)15-27-22(33)20-14-29-24(37-20)31-23(34)28-13-18-8-4-2-5-9-18/h2-11,14,17H,12-13,15-16H2,1H3,(H,26,32)(H,27,33)(H,30,35)(H2,28,29,31,34)/t17-/m0/s1. The molecule has 0 fully saturated rings. The molecule has 0 aliphatic rings. The van der Waals surface area contributed by atoms with E-state index in [2.05, 4.69) is 31.6 Å². The summed E-state index contributed by atoms with van der Waals surface area (Å²) in [4.78, 5) is 51.9. The van der Waals surface area contributed by atoms with Crippen LogP contribution in [0.15, 0.2) is 71.3 Å². The zero-order valence-corrected chi connectivity index (χ0v) is 20.2. The minimum atomic E-state index is -0.684. The van der Waals surface area contributed by atoms with E-state index in [0.29, 0.717) is 6.54 Å². The smallest absolute Gasteiger partial charge is 0.407 e. The first-order valence-electron chi connectivity index (χ1n) is 11.5. The molecule has 0 bridgehead atoms. The van der Waals surface area contributed by atoms with E-state index in [1.54, 1.807) is 6.92 Å². The van der Waals surface area contributed by atoms with Gasteiger partial charge in [-0.1, -0.05) is 60.7 Å². The molecule has 0 radical (unpaired) electrons. The highest BCUT2D eigenvalue weighted by Gasteiger charge is 2.16. The van der Waals surface area contributed by atoms with Crippen LogP contribution in [0.3, 0.4) is 0 Å². The molecule has 3 rings (SSSR count). The Morgan fingerprint density at radius 2 is 1.59 bits per heavy atom. The maximum atomic E-state index is 12.2. The third kappa shape index (κ3) is 9.72. The van der Waals surface area contributed by atoms with E-state index in [-0.39, 0.29) is 31.5 Å². The van der Waals surface area contributed by atoms with Crippen molar-refractivity contribution in [2.75, 3.05) is 18.4 Å². The maximum absolute atomic E-state index is 12.2. The molecule has 194 valence electrons. The van der Waals surface area contributed by atoms with Gasteiger partial charge in [-0.25, -0.2) is 14.6 Å². The van der Waals surface area contributed by atoms with Crippen molar-refractivity contribution in [3.63, 3.8) is 0 Å². The first-order valence-corrected chi connectivity index (χ1v) is 11.5. The number of nitrogens with zero attached hydrogens (tertiary/aromatic N) is 1. The number of rotatable bonds is 11. The molecule has 0 unspecified atom stereocenters. The molecule has 1 heterocycles. The van der Waals surface area contributed by atoms with Crippen molar-refractivity contribution in [1.82, 2.24) is 26.3 Å². The van der Waals surface area contributed by atoms with Crippen LogP contribution in [0.5, 0.6) is 0 Å². The van der Waals surface area contributed by atoms with E-state index >= 15 is 0 Å². The average molecular weight is 509 g/mol. The van der Waals surface area contributed by atoms with Crippen molar-refractivity contribution in [1.29, 1.82) is 0 Å². The first-order chi connectivity index (χ1) is 17.9. The zero-order chi connectivity index (χ0) is 26.5. The number of oxazole rings is 1. The van der Waals surface area contributed by atoms with E-state index in [0.717, 1.165) is 17.3 Å². The molecule has 12 heteroatoms. The molecule has 1 aromatic heterocycles. The van der Waals surface area contributed by atoms with Gasteiger partial charge in [-0.3, -0.25) is 14.9 Å². The molecule has 0 saturated heterocycles. The predicted octanol–water partition coefficient (Wildman–Crippen LogP) is 2.16. The summed E-state index contributed by atoms with van der Waals surface area (Å²) < 4.78 is 10.3. The summed E-state index contributed by atoms with van der Waals surface area (Å²) in [7, 11) is 0. The number of aromatic nitrogens is 1. The lowest BCUT2D eigenvalue weighted by atomic mass is 10.2. The fourth-order valence-corrected chi connectivity index (χ4v) is 2.95. The predicted molar refractivity (Wildman–Crippen MR) is 133 cm³/mol. The molecule has 0 aliphatic carbocycles. The van der Waals surface area contributed by atoms with Crippen LogP contribution in [0.4, 0.5) is 15.6 Å². The topological polar surface area (TPSA) is 164 Å². The molecule has 0 aliphatic heterocycles. The number of urea groups is 1. The molecule has 5 amide bonds. The van der Waals surface area contributed by atoms with Crippen LogP contribution >= 0.6 is 0 Å². The Morgan fingerprint density at radius 3 is 2.30 bits per heavy atom. The van der Waals surface area contributed by atoms with E-state index in [4.69, 9.17) is 9.15 Å². The van der Waals surface area contributed by atoms with Crippen LogP contribution in [0, 0.1) is 0 Å². The van der Waals surface area contributed by atoms with Gasteiger partial charge in [0, 0.05) is 19.1 Å². The highest BCUT2D eigenvalue weighted by molar-refractivity contribution is 5.94. The Kier molecular flexibility index (Phi) is 10.0. The normalized spacial score (nSPS) is 11.1. The fraction of sp³-hybridized carbons (Fsp3) is 0.240. The van der Waals surface area contributed by atoms with Gasteiger partial charge in [-0.15, -0.1) is 0 Å². The molecule has 3 aromatic rings. The van der Waals surface area contributed by atoms with E-state index in [9.17, 15) is 19.2 Å². The average Bonchev–Trinajstić information content (AvgIpc) is 3.38. The summed E-state index contributed by atoms with van der Waals surface area (Å²) in [5.41, 5.74) is 1.77. The quantitative estimate of drug-likeness (QED) is 0.265. The minimum Gasteiger partial charge on any atom is -0.445 e. The van der Waals surface area contributed by atoms with E-state index in [1.807, 2.05) is 60.7 Å².